The third-order valence-corrected chi connectivity index (χ3v) is 4.65. The fourth-order valence-electron chi connectivity index (χ4n) is 2.93. The highest BCUT2D eigenvalue weighted by molar-refractivity contribution is 6.18. The zero-order valence-electron chi connectivity index (χ0n) is 15.7. The molecular weight excluding hydrogens is 417 g/mol. The maximum absolute atomic E-state index is 12.2. The molecule has 29 heavy (non-hydrogen) atoms. The van der Waals surface area contributed by atoms with Gasteiger partial charge in [0.15, 0.2) is 0 Å². The predicted octanol–water partition coefficient (Wildman–Crippen LogP) is 3.73. The van der Waals surface area contributed by atoms with Crippen LogP contribution in [0.1, 0.15) is 16.7 Å². The summed E-state index contributed by atoms with van der Waals surface area (Å²) in [5.74, 6) is -0.317. The Morgan fingerprint density at radius 1 is 1.21 bits per heavy atom. The quantitative estimate of drug-likeness (QED) is 0.433. The number of esters is 1. The lowest BCUT2D eigenvalue weighted by Gasteiger charge is -2.18. The van der Waals surface area contributed by atoms with Crippen LogP contribution in [-0.2, 0) is 33.2 Å². The van der Waals surface area contributed by atoms with Crippen molar-refractivity contribution >= 4 is 47.0 Å². The van der Waals surface area contributed by atoms with E-state index < -0.39 is 18.1 Å². The molecule has 0 saturated heterocycles. The Labute approximate surface area is 179 Å². The van der Waals surface area contributed by atoms with Crippen LogP contribution in [-0.4, -0.2) is 35.4 Å². The van der Waals surface area contributed by atoms with Gasteiger partial charge in [-0.2, -0.15) is 5.10 Å². The molecule has 0 spiro atoms. The van der Waals surface area contributed by atoms with E-state index in [1.165, 1.54) is 7.11 Å². The van der Waals surface area contributed by atoms with E-state index in [1.54, 1.807) is 6.20 Å². The molecule has 154 valence electrons. The van der Waals surface area contributed by atoms with E-state index >= 15 is 0 Å². The lowest BCUT2D eigenvalue weighted by Crippen LogP contribution is -2.43. The molecule has 0 bridgehead atoms. The second-order valence-electron chi connectivity index (χ2n) is 6.15. The first-order valence-corrected chi connectivity index (χ1v) is 9.20. The molecule has 0 aliphatic rings. The average molecular weight is 438 g/mol. The zero-order chi connectivity index (χ0) is 19.9. The molecule has 0 aliphatic heterocycles. The first kappa shape index (κ1) is 22.5. The van der Waals surface area contributed by atoms with Crippen molar-refractivity contribution in [3.05, 3.63) is 65.4 Å². The van der Waals surface area contributed by atoms with E-state index in [0.29, 0.717) is 0 Å². The van der Waals surface area contributed by atoms with Crippen LogP contribution in [0.5, 0.6) is 0 Å². The molecule has 3 rings (SSSR count). The predicted molar refractivity (Wildman–Crippen MR) is 112 cm³/mol. The van der Waals surface area contributed by atoms with E-state index in [0.717, 1.165) is 27.6 Å². The number of H-pyrrole nitrogens is 1. The number of carbonyl (C=O) groups is 2. The number of fused-ring (bicyclic) bond motifs is 1. The van der Waals surface area contributed by atoms with E-state index in [-0.39, 0.29) is 31.3 Å². The summed E-state index contributed by atoms with van der Waals surface area (Å²) in [5.41, 5.74) is 3.37. The Kier molecular flexibility index (Phi) is 8.30. The Bertz CT molecular complexity index is 963. The Morgan fingerprint density at radius 3 is 2.66 bits per heavy atom. The molecule has 1 amide bonds. The van der Waals surface area contributed by atoms with Gasteiger partial charge in [-0.15, -0.1) is 24.0 Å². The van der Waals surface area contributed by atoms with Crippen molar-refractivity contribution in [2.45, 2.75) is 24.9 Å². The van der Waals surface area contributed by atoms with Crippen molar-refractivity contribution in [2.75, 3.05) is 7.11 Å². The number of nitrogens with one attached hydrogen (secondary N) is 2. The summed E-state index contributed by atoms with van der Waals surface area (Å²) in [6.07, 6.45) is 1.21. The molecule has 0 fully saturated rings. The highest BCUT2D eigenvalue weighted by atomic mass is 35.5. The number of rotatable bonds is 7. The standard InChI is InChI=1S/C20H20ClN3O4.ClH/c1-27-19(25)18(23-20(26)28-12-13-5-3-2-4-6-13)9-14-7-8-17-16(11-22-24-17)15(14)10-21;/h2-8,11,18H,9-10,12H2,1H3,(H,22,24)(H,23,26);1H. The van der Waals surface area contributed by atoms with E-state index in [2.05, 4.69) is 15.5 Å². The molecule has 0 radical (unpaired) electrons. The molecule has 3 aromatic rings. The van der Waals surface area contributed by atoms with Gasteiger partial charge in [-0.05, 0) is 22.8 Å². The number of methoxy groups -OCH3 is 1. The average Bonchev–Trinajstić information content (AvgIpc) is 3.20. The second kappa shape index (κ2) is 10.7. The van der Waals surface area contributed by atoms with Gasteiger partial charge in [-0.1, -0.05) is 36.4 Å². The molecule has 1 heterocycles. The number of ether oxygens (including phenoxy) is 2. The van der Waals surface area contributed by atoms with Gasteiger partial charge < -0.3 is 14.8 Å². The molecule has 1 aromatic heterocycles. The summed E-state index contributed by atoms with van der Waals surface area (Å²) >= 11 is 6.12. The van der Waals surface area contributed by atoms with Gasteiger partial charge in [-0.3, -0.25) is 5.10 Å². The van der Waals surface area contributed by atoms with Crippen LogP contribution < -0.4 is 5.32 Å². The zero-order valence-corrected chi connectivity index (χ0v) is 17.3. The normalized spacial score (nSPS) is 11.4. The number of aromatic nitrogens is 2. The van der Waals surface area contributed by atoms with Crippen molar-refractivity contribution in [2.24, 2.45) is 0 Å². The van der Waals surface area contributed by atoms with Crippen LogP contribution in [0.25, 0.3) is 10.9 Å². The van der Waals surface area contributed by atoms with Gasteiger partial charge in [0.2, 0.25) is 0 Å². The number of hydrogen-bond donors (Lipinski definition) is 2. The van der Waals surface area contributed by atoms with E-state index in [4.69, 9.17) is 21.1 Å². The molecule has 2 aromatic carbocycles. The second-order valence-corrected chi connectivity index (χ2v) is 6.42. The summed E-state index contributed by atoms with van der Waals surface area (Å²) in [4.78, 5) is 24.4. The topological polar surface area (TPSA) is 93.3 Å². The minimum absolute atomic E-state index is 0. The Morgan fingerprint density at radius 2 is 1.97 bits per heavy atom. The summed E-state index contributed by atoms with van der Waals surface area (Å²) in [5, 5.41) is 10.4. The molecule has 9 heteroatoms. The first-order chi connectivity index (χ1) is 13.6. The highest BCUT2D eigenvalue weighted by Crippen LogP contribution is 2.24. The molecular formula is C20H21Cl2N3O4. The van der Waals surface area contributed by atoms with Crippen molar-refractivity contribution in [3.8, 4) is 0 Å². The number of alkyl halides is 1. The Balaban J connectivity index is 0.00000300. The number of hydrogen-bond acceptors (Lipinski definition) is 5. The van der Waals surface area contributed by atoms with Gasteiger partial charge in [0.05, 0.1) is 18.8 Å². The van der Waals surface area contributed by atoms with Gasteiger partial charge in [0, 0.05) is 17.7 Å². The fraction of sp³-hybridized carbons (Fsp3) is 0.250. The lowest BCUT2D eigenvalue weighted by molar-refractivity contribution is -0.143. The molecule has 7 nitrogen and oxygen atoms in total. The number of aromatic amines is 1. The fourth-order valence-corrected chi connectivity index (χ4v) is 3.25. The number of nitrogens with zero attached hydrogens (tertiary/aromatic N) is 1. The van der Waals surface area contributed by atoms with E-state index in [9.17, 15) is 9.59 Å². The van der Waals surface area contributed by atoms with Crippen LogP contribution in [0.2, 0.25) is 0 Å². The minimum atomic E-state index is -0.903. The SMILES string of the molecule is COC(=O)C(Cc1ccc2[nH]ncc2c1CCl)NC(=O)OCc1ccccc1.Cl. The molecule has 0 saturated carbocycles. The minimum Gasteiger partial charge on any atom is -0.467 e. The van der Waals surface area contributed by atoms with Crippen LogP contribution in [0, 0.1) is 0 Å². The van der Waals surface area contributed by atoms with Crippen LogP contribution >= 0.6 is 24.0 Å². The number of carbonyl (C=O) groups excluding carboxylic acids is 2. The van der Waals surface area contributed by atoms with Crippen LogP contribution in [0.4, 0.5) is 4.79 Å². The summed E-state index contributed by atoms with van der Waals surface area (Å²) in [7, 11) is 1.27. The smallest absolute Gasteiger partial charge is 0.408 e. The lowest BCUT2D eigenvalue weighted by atomic mass is 9.98. The summed E-state index contributed by atoms with van der Waals surface area (Å²) in [6, 6.07) is 12.1. The largest absolute Gasteiger partial charge is 0.467 e. The van der Waals surface area contributed by atoms with Crippen LogP contribution in [0.3, 0.4) is 0 Å². The van der Waals surface area contributed by atoms with Crippen LogP contribution in [0.15, 0.2) is 48.7 Å². The van der Waals surface area contributed by atoms with Crippen molar-refractivity contribution in [1.29, 1.82) is 0 Å². The van der Waals surface area contributed by atoms with Crippen molar-refractivity contribution in [3.63, 3.8) is 0 Å². The van der Waals surface area contributed by atoms with Crippen molar-refractivity contribution in [1.82, 2.24) is 15.5 Å². The number of halogens is 2. The van der Waals surface area contributed by atoms with Crippen molar-refractivity contribution < 1.29 is 19.1 Å². The highest BCUT2D eigenvalue weighted by Gasteiger charge is 2.24. The third-order valence-electron chi connectivity index (χ3n) is 4.38. The molecule has 1 atom stereocenters. The molecule has 2 N–H and O–H groups in total. The molecule has 1 unspecified atom stereocenters. The maximum Gasteiger partial charge on any atom is 0.408 e. The third kappa shape index (κ3) is 5.62. The van der Waals surface area contributed by atoms with Gasteiger partial charge in [-0.25, -0.2) is 9.59 Å². The number of benzene rings is 2. The summed E-state index contributed by atoms with van der Waals surface area (Å²) in [6.45, 7) is 0.106. The Hall–Kier alpha value is -2.77. The molecule has 0 aliphatic carbocycles. The summed E-state index contributed by atoms with van der Waals surface area (Å²) < 4.78 is 10.0. The maximum atomic E-state index is 12.2. The number of amides is 1. The monoisotopic (exact) mass is 437 g/mol. The van der Waals surface area contributed by atoms with Gasteiger partial charge in [0.1, 0.15) is 12.6 Å². The van der Waals surface area contributed by atoms with E-state index in [1.807, 2.05) is 42.5 Å². The van der Waals surface area contributed by atoms with Gasteiger partial charge >= 0.3 is 12.1 Å². The van der Waals surface area contributed by atoms with Gasteiger partial charge in [0.25, 0.3) is 0 Å². The first-order valence-electron chi connectivity index (χ1n) is 8.67. The number of alkyl carbamates (subject to hydrolysis) is 1.